The Labute approximate surface area is 174 Å². The molecule has 29 heavy (non-hydrogen) atoms. The molecule has 0 fully saturated rings. The first kappa shape index (κ1) is 20.4. The summed E-state index contributed by atoms with van der Waals surface area (Å²) in [7, 11) is 1.52. The van der Waals surface area contributed by atoms with Crippen molar-refractivity contribution in [2.45, 2.75) is 13.5 Å². The molecule has 3 rings (SSSR count). The number of allylic oxidation sites excluding steroid dienone is 1. The molecule has 0 spiro atoms. The minimum Gasteiger partial charge on any atom is -0.493 e. The minimum atomic E-state index is -0.303. The maximum Gasteiger partial charge on any atom is 0.180 e. The van der Waals surface area contributed by atoms with Gasteiger partial charge in [-0.1, -0.05) is 53.6 Å². The largest absolute Gasteiger partial charge is 0.493 e. The lowest BCUT2D eigenvalue weighted by atomic mass is 10.0. The van der Waals surface area contributed by atoms with Crippen molar-refractivity contribution >= 4 is 23.3 Å². The highest BCUT2D eigenvalue weighted by atomic mass is 35.5. The van der Waals surface area contributed by atoms with E-state index < -0.39 is 0 Å². The quantitative estimate of drug-likeness (QED) is 0.349. The lowest BCUT2D eigenvalue weighted by molar-refractivity contribution is 0.284. The van der Waals surface area contributed by atoms with E-state index >= 15 is 0 Å². The highest BCUT2D eigenvalue weighted by molar-refractivity contribution is 6.32. The SMILES string of the molecule is COc1cc(/C=C(\C#N)c2ccc(C)cc2)cc(Cl)c1OCc1ccc(F)cc1. The summed E-state index contributed by atoms with van der Waals surface area (Å²) in [5.41, 5.74) is 3.99. The molecule has 0 radical (unpaired) electrons. The molecule has 0 saturated heterocycles. The van der Waals surface area contributed by atoms with Crippen LogP contribution in [0.4, 0.5) is 4.39 Å². The number of methoxy groups -OCH3 is 1. The van der Waals surface area contributed by atoms with Crippen molar-refractivity contribution in [3.63, 3.8) is 0 Å². The standard InChI is InChI=1S/C24H19ClFNO2/c1-16-3-7-19(8-4-16)20(14-27)11-18-12-22(25)24(23(13-18)28-2)29-15-17-5-9-21(26)10-6-17/h3-13H,15H2,1-2H3/b20-11+. The first-order valence-electron chi connectivity index (χ1n) is 8.94. The second-order valence-electron chi connectivity index (χ2n) is 6.49. The zero-order valence-electron chi connectivity index (χ0n) is 16.1. The second kappa shape index (κ2) is 9.27. The fourth-order valence-electron chi connectivity index (χ4n) is 2.78. The van der Waals surface area contributed by atoms with Crippen LogP contribution in [-0.4, -0.2) is 7.11 Å². The molecule has 146 valence electrons. The summed E-state index contributed by atoms with van der Waals surface area (Å²) >= 11 is 6.42. The van der Waals surface area contributed by atoms with E-state index in [1.807, 2.05) is 31.2 Å². The number of halogens is 2. The van der Waals surface area contributed by atoms with Gasteiger partial charge in [-0.2, -0.15) is 5.26 Å². The van der Waals surface area contributed by atoms with Gasteiger partial charge in [0.2, 0.25) is 0 Å². The molecule has 0 aliphatic carbocycles. The molecule has 5 heteroatoms. The Morgan fingerprint density at radius 3 is 2.41 bits per heavy atom. The van der Waals surface area contributed by atoms with Crippen LogP contribution in [0.15, 0.2) is 60.7 Å². The third-order valence-electron chi connectivity index (χ3n) is 4.34. The highest BCUT2D eigenvalue weighted by Crippen LogP contribution is 2.38. The average Bonchev–Trinajstić information content (AvgIpc) is 2.72. The summed E-state index contributed by atoms with van der Waals surface area (Å²) in [5.74, 6) is 0.541. The van der Waals surface area contributed by atoms with Crippen LogP contribution >= 0.6 is 11.6 Å². The fraction of sp³-hybridized carbons (Fsp3) is 0.125. The second-order valence-corrected chi connectivity index (χ2v) is 6.89. The van der Waals surface area contributed by atoms with Gasteiger partial charge in [0.25, 0.3) is 0 Å². The van der Waals surface area contributed by atoms with Crippen molar-refractivity contribution in [3.8, 4) is 17.6 Å². The Hall–Kier alpha value is -3.29. The van der Waals surface area contributed by atoms with Gasteiger partial charge < -0.3 is 9.47 Å². The molecule has 0 unspecified atom stereocenters. The van der Waals surface area contributed by atoms with Crippen LogP contribution in [-0.2, 0) is 6.61 Å². The molecule has 0 amide bonds. The molecule has 0 N–H and O–H groups in total. The van der Waals surface area contributed by atoms with Gasteiger partial charge in [0, 0.05) is 0 Å². The third-order valence-corrected chi connectivity index (χ3v) is 4.62. The molecule has 3 aromatic carbocycles. The molecule has 0 heterocycles. The summed E-state index contributed by atoms with van der Waals surface area (Å²) in [4.78, 5) is 0. The molecule has 0 aliphatic rings. The molecule has 0 aliphatic heterocycles. The number of hydrogen-bond acceptors (Lipinski definition) is 3. The Bertz CT molecular complexity index is 1070. The van der Waals surface area contributed by atoms with Gasteiger partial charge in [-0.25, -0.2) is 4.39 Å². The maximum absolute atomic E-state index is 13.0. The van der Waals surface area contributed by atoms with E-state index in [0.717, 1.165) is 22.3 Å². The molecular formula is C24H19ClFNO2. The van der Waals surface area contributed by atoms with Crippen LogP contribution in [0.25, 0.3) is 11.6 Å². The number of hydrogen-bond donors (Lipinski definition) is 0. The topological polar surface area (TPSA) is 42.2 Å². The monoisotopic (exact) mass is 407 g/mol. The fourth-order valence-corrected chi connectivity index (χ4v) is 3.05. The summed E-state index contributed by atoms with van der Waals surface area (Å²) in [6.07, 6.45) is 1.75. The lowest BCUT2D eigenvalue weighted by Crippen LogP contribution is -1.99. The molecule has 3 aromatic rings. The summed E-state index contributed by atoms with van der Waals surface area (Å²) in [5, 5.41) is 9.92. The van der Waals surface area contributed by atoms with E-state index in [-0.39, 0.29) is 12.4 Å². The zero-order valence-corrected chi connectivity index (χ0v) is 16.8. The number of ether oxygens (including phenoxy) is 2. The Morgan fingerprint density at radius 1 is 1.10 bits per heavy atom. The molecule has 0 aromatic heterocycles. The van der Waals surface area contributed by atoms with Crippen LogP contribution < -0.4 is 9.47 Å². The van der Waals surface area contributed by atoms with Crippen LogP contribution in [0.5, 0.6) is 11.5 Å². The van der Waals surface area contributed by atoms with Crippen molar-refractivity contribution in [2.75, 3.05) is 7.11 Å². The molecule has 3 nitrogen and oxygen atoms in total. The Kier molecular flexibility index (Phi) is 6.54. The number of aryl methyl sites for hydroxylation is 1. The summed E-state index contributed by atoms with van der Waals surface area (Å²) < 4.78 is 24.3. The highest BCUT2D eigenvalue weighted by Gasteiger charge is 2.13. The molecule has 0 atom stereocenters. The smallest absolute Gasteiger partial charge is 0.180 e. The number of nitrogens with zero attached hydrogens (tertiary/aromatic N) is 1. The Balaban J connectivity index is 1.88. The van der Waals surface area contributed by atoms with Gasteiger partial charge in [-0.15, -0.1) is 0 Å². The predicted octanol–water partition coefficient (Wildman–Crippen LogP) is 6.44. The predicted molar refractivity (Wildman–Crippen MR) is 113 cm³/mol. The number of rotatable bonds is 6. The van der Waals surface area contributed by atoms with Gasteiger partial charge in [-0.05, 0) is 54.0 Å². The van der Waals surface area contributed by atoms with Crippen LogP contribution in [0.1, 0.15) is 22.3 Å². The van der Waals surface area contributed by atoms with E-state index in [9.17, 15) is 9.65 Å². The van der Waals surface area contributed by atoms with Gasteiger partial charge in [-0.3, -0.25) is 0 Å². The first-order valence-corrected chi connectivity index (χ1v) is 9.31. The molecule has 0 bridgehead atoms. The van der Waals surface area contributed by atoms with Gasteiger partial charge >= 0.3 is 0 Å². The van der Waals surface area contributed by atoms with Crippen LogP contribution in [0, 0.1) is 24.1 Å². The van der Waals surface area contributed by atoms with Crippen molar-refractivity contribution in [2.24, 2.45) is 0 Å². The zero-order chi connectivity index (χ0) is 20.8. The first-order chi connectivity index (χ1) is 14.0. The van der Waals surface area contributed by atoms with Crippen molar-refractivity contribution in [1.29, 1.82) is 5.26 Å². The molecule has 0 saturated carbocycles. The van der Waals surface area contributed by atoms with Crippen molar-refractivity contribution in [3.05, 3.63) is 93.8 Å². The summed E-state index contributed by atoms with van der Waals surface area (Å²) in [6, 6.07) is 19.5. The third kappa shape index (κ3) is 5.16. The minimum absolute atomic E-state index is 0.221. The van der Waals surface area contributed by atoms with E-state index in [2.05, 4.69) is 6.07 Å². The van der Waals surface area contributed by atoms with Crippen LogP contribution in [0.3, 0.4) is 0 Å². The average molecular weight is 408 g/mol. The maximum atomic E-state index is 13.0. The van der Waals surface area contributed by atoms with E-state index in [1.165, 1.54) is 19.2 Å². The van der Waals surface area contributed by atoms with Crippen LogP contribution in [0.2, 0.25) is 5.02 Å². The molecular weight excluding hydrogens is 389 g/mol. The number of nitriles is 1. The normalized spacial score (nSPS) is 11.1. The summed E-state index contributed by atoms with van der Waals surface area (Å²) in [6.45, 7) is 2.22. The van der Waals surface area contributed by atoms with E-state index in [1.54, 1.807) is 30.3 Å². The Morgan fingerprint density at radius 2 is 1.79 bits per heavy atom. The van der Waals surface area contributed by atoms with Gasteiger partial charge in [0.1, 0.15) is 12.4 Å². The van der Waals surface area contributed by atoms with Crippen molar-refractivity contribution in [1.82, 2.24) is 0 Å². The van der Waals surface area contributed by atoms with Crippen molar-refractivity contribution < 1.29 is 13.9 Å². The van der Waals surface area contributed by atoms with E-state index in [4.69, 9.17) is 21.1 Å². The number of benzene rings is 3. The van der Waals surface area contributed by atoms with E-state index in [0.29, 0.717) is 22.1 Å². The van der Waals surface area contributed by atoms with Gasteiger partial charge in [0.05, 0.1) is 23.8 Å². The van der Waals surface area contributed by atoms with Gasteiger partial charge in [0.15, 0.2) is 11.5 Å². The lowest BCUT2D eigenvalue weighted by Gasteiger charge is -2.14.